The van der Waals surface area contributed by atoms with Crippen LogP contribution in [0.3, 0.4) is 0 Å². The summed E-state index contributed by atoms with van der Waals surface area (Å²) < 4.78 is 6.99. The van der Waals surface area contributed by atoms with Crippen molar-refractivity contribution < 1.29 is 9.53 Å². The van der Waals surface area contributed by atoms with Gasteiger partial charge in [-0.05, 0) is 37.0 Å². The lowest BCUT2D eigenvalue weighted by Gasteiger charge is -2.18. The second-order valence-electron chi connectivity index (χ2n) is 7.58. The maximum Gasteiger partial charge on any atom is 0.270 e. The highest BCUT2D eigenvalue weighted by Crippen LogP contribution is 2.34. The van der Waals surface area contributed by atoms with Crippen molar-refractivity contribution in [3.8, 4) is 6.07 Å². The predicted octanol–water partition coefficient (Wildman–Crippen LogP) is 3.46. The second-order valence-corrected chi connectivity index (χ2v) is 9.26. The predicted molar refractivity (Wildman–Crippen MR) is 136 cm³/mol. The van der Waals surface area contributed by atoms with Crippen LogP contribution in [-0.4, -0.2) is 46.5 Å². The molecule has 2 aromatic rings. The molecule has 0 aliphatic carbocycles. The summed E-state index contributed by atoms with van der Waals surface area (Å²) in [5.74, 6) is 0.389. The van der Waals surface area contributed by atoms with Crippen LogP contribution < -0.4 is 10.9 Å². The Morgan fingerprint density at radius 3 is 2.67 bits per heavy atom. The van der Waals surface area contributed by atoms with Gasteiger partial charge < -0.3 is 10.1 Å². The van der Waals surface area contributed by atoms with E-state index in [0.717, 1.165) is 6.42 Å². The SMILES string of the molecule is COCCCN1C(=O)/C(=C\c2c(C)c(C#N)c(=O)n(C)c2NCCc2ccccc2)SC1=S. The molecule has 1 fully saturated rings. The molecule has 1 aliphatic rings. The first-order chi connectivity index (χ1) is 15.9. The van der Waals surface area contributed by atoms with Crippen LogP contribution >= 0.6 is 24.0 Å². The van der Waals surface area contributed by atoms with E-state index in [1.165, 1.54) is 21.9 Å². The molecule has 1 aromatic heterocycles. The molecule has 1 N–H and O–H groups in total. The number of thiocarbonyl (C=S) groups is 1. The minimum Gasteiger partial charge on any atom is -0.385 e. The molecule has 1 aromatic carbocycles. The van der Waals surface area contributed by atoms with Gasteiger partial charge in [0, 0.05) is 39.4 Å². The summed E-state index contributed by atoms with van der Waals surface area (Å²) >= 11 is 6.63. The van der Waals surface area contributed by atoms with E-state index < -0.39 is 0 Å². The smallest absolute Gasteiger partial charge is 0.270 e. The minimum absolute atomic E-state index is 0.0629. The van der Waals surface area contributed by atoms with E-state index >= 15 is 0 Å². The Hall–Kier alpha value is -2.93. The number of nitrogens with zero attached hydrogens (tertiary/aromatic N) is 3. The van der Waals surface area contributed by atoms with Crippen molar-refractivity contribution in [3.05, 3.63) is 67.8 Å². The standard InChI is InChI=1S/C24H26N4O3S2/c1-16-18(14-20-23(30)28(24(32)33-20)12-7-13-31-3)21(27(2)22(29)19(16)15-25)26-11-10-17-8-5-4-6-9-17/h4-6,8-9,14,26H,7,10-13H2,1-3H3/b20-14+. The largest absolute Gasteiger partial charge is 0.385 e. The molecule has 0 atom stereocenters. The number of aromatic nitrogens is 1. The van der Waals surface area contributed by atoms with Crippen molar-refractivity contribution >= 4 is 46.1 Å². The van der Waals surface area contributed by atoms with Crippen molar-refractivity contribution in [1.82, 2.24) is 9.47 Å². The number of benzene rings is 1. The lowest BCUT2D eigenvalue weighted by molar-refractivity contribution is -0.122. The summed E-state index contributed by atoms with van der Waals surface area (Å²) in [5, 5.41) is 12.9. The van der Waals surface area contributed by atoms with Crippen LogP contribution in [0.2, 0.25) is 0 Å². The molecule has 0 spiro atoms. The van der Waals surface area contributed by atoms with Crippen molar-refractivity contribution in [2.75, 3.05) is 32.1 Å². The number of ether oxygens (including phenoxy) is 1. The summed E-state index contributed by atoms with van der Waals surface area (Å²) in [6, 6.07) is 12.0. The lowest BCUT2D eigenvalue weighted by Crippen LogP contribution is -2.29. The van der Waals surface area contributed by atoms with Gasteiger partial charge in [0.05, 0.1) is 4.91 Å². The van der Waals surface area contributed by atoms with Crippen molar-refractivity contribution in [3.63, 3.8) is 0 Å². The Labute approximate surface area is 203 Å². The quantitative estimate of drug-likeness (QED) is 0.333. The fourth-order valence-electron chi connectivity index (χ4n) is 3.61. The average molecular weight is 483 g/mol. The molecular formula is C24H26N4O3S2. The molecule has 2 heterocycles. The molecule has 3 rings (SSSR count). The number of methoxy groups -OCH3 is 1. The van der Waals surface area contributed by atoms with Crippen LogP contribution in [0.4, 0.5) is 5.82 Å². The van der Waals surface area contributed by atoms with E-state index in [1.54, 1.807) is 32.1 Å². The number of hydrogen-bond donors (Lipinski definition) is 1. The monoisotopic (exact) mass is 482 g/mol. The van der Waals surface area contributed by atoms with Crippen molar-refractivity contribution in [2.24, 2.45) is 7.05 Å². The molecule has 1 saturated heterocycles. The Bertz CT molecular complexity index is 1180. The van der Waals surface area contributed by atoms with Gasteiger partial charge >= 0.3 is 0 Å². The van der Waals surface area contributed by atoms with E-state index in [9.17, 15) is 14.9 Å². The molecule has 0 radical (unpaired) electrons. The first-order valence-corrected chi connectivity index (χ1v) is 11.8. The molecule has 0 bridgehead atoms. The lowest BCUT2D eigenvalue weighted by atomic mass is 10.0. The van der Waals surface area contributed by atoms with Gasteiger partial charge in [-0.25, -0.2) is 0 Å². The number of rotatable bonds is 9. The zero-order valence-corrected chi connectivity index (χ0v) is 20.5. The first-order valence-electron chi connectivity index (χ1n) is 10.5. The number of amides is 1. The van der Waals surface area contributed by atoms with Gasteiger partial charge in [-0.15, -0.1) is 0 Å². The third-order valence-electron chi connectivity index (χ3n) is 5.43. The first kappa shape index (κ1) is 24.7. The highest BCUT2D eigenvalue weighted by Gasteiger charge is 2.32. The van der Waals surface area contributed by atoms with Crippen molar-refractivity contribution in [2.45, 2.75) is 19.8 Å². The van der Waals surface area contributed by atoms with Gasteiger partial charge in [-0.3, -0.25) is 19.1 Å². The van der Waals surface area contributed by atoms with E-state index in [-0.39, 0.29) is 17.0 Å². The van der Waals surface area contributed by atoms with Crippen LogP contribution in [0.25, 0.3) is 6.08 Å². The fraction of sp³-hybridized carbons (Fsp3) is 0.333. The van der Waals surface area contributed by atoms with Gasteiger partial charge in [0.15, 0.2) is 0 Å². The highest BCUT2D eigenvalue weighted by molar-refractivity contribution is 8.26. The Morgan fingerprint density at radius 1 is 1.27 bits per heavy atom. The number of thioether (sulfide) groups is 1. The zero-order chi connectivity index (χ0) is 24.0. The van der Waals surface area contributed by atoms with E-state index in [1.807, 2.05) is 36.4 Å². The van der Waals surface area contributed by atoms with E-state index in [2.05, 4.69) is 5.32 Å². The second kappa shape index (κ2) is 11.3. The highest BCUT2D eigenvalue weighted by atomic mass is 32.2. The Balaban J connectivity index is 1.95. The number of carbonyl (C=O) groups excluding carboxylic acids is 1. The van der Waals surface area contributed by atoms with Gasteiger partial charge in [0.25, 0.3) is 11.5 Å². The van der Waals surface area contributed by atoms with E-state index in [4.69, 9.17) is 17.0 Å². The topological polar surface area (TPSA) is 87.4 Å². The minimum atomic E-state index is -0.374. The number of pyridine rings is 1. The fourth-order valence-corrected chi connectivity index (χ4v) is 4.90. The molecule has 0 saturated carbocycles. The Morgan fingerprint density at radius 2 is 2.00 bits per heavy atom. The zero-order valence-electron chi connectivity index (χ0n) is 18.9. The van der Waals surface area contributed by atoms with Gasteiger partial charge in [0.2, 0.25) is 0 Å². The summed E-state index contributed by atoms with van der Waals surface area (Å²) in [4.78, 5) is 27.8. The van der Waals surface area contributed by atoms with Crippen LogP contribution in [0.5, 0.6) is 0 Å². The summed E-state index contributed by atoms with van der Waals surface area (Å²) in [5.41, 5.74) is 2.03. The molecule has 1 aliphatic heterocycles. The molecule has 172 valence electrons. The maximum absolute atomic E-state index is 13.0. The van der Waals surface area contributed by atoms with Gasteiger partial charge in [-0.1, -0.05) is 54.3 Å². The third kappa shape index (κ3) is 5.53. The van der Waals surface area contributed by atoms with E-state index in [0.29, 0.717) is 52.3 Å². The summed E-state index contributed by atoms with van der Waals surface area (Å²) in [7, 11) is 3.24. The van der Waals surface area contributed by atoms with Crippen LogP contribution in [-0.2, 0) is 23.0 Å². The molecule has 33 heavy (non-hydrogen) atoms. The maximum atomic E-state index is 13.0. The van der Waals surface area contributed by atoms with Gasteiger partial charge in [-0.2, -0.15) is 5.26 Å². The number of nitrogens with one attached hydrogen (secondary N) is 1. The normalized spacial score (nSPS) is 14.7. The molecule has 1 amide bonds. The van der Waals surface area contributed by atoms with Crippen LogP contribution in [0, 0.1) is 18.3 Å². The number of anilines is 1. The van der Waals surface area contributed by atoms with Gasteiger partial charge in [0.1, 0.15) is 21.8 Å². The van der Waals surface area contributed by atoms with Crippen LogP contribution in [0.1, 0.15) is 28.7 Å². The molecular weight excluding hydrogens is 456 g/mol. The molecule has 0 unspecified atom stereocenters. The Kier molecular flexibility index (Phi) is 8.44. The third-order valence-corrected chi connectivity index (χ3v) is 6.81. The molecule has 7 nitrogen and oxygen atoms in total. The molecule has 9 heteroatoms. The average Bonchev–Trinajstić information content (AvgIpc) is 3.08. The number of nitriles is 1. The van der Waals surface area contributed by atoms with Crippen LogP contribution in [0.15, 0.2) is 40.0 Å². The summed E-state index contributed by atoms with van der Waals surface area (Å²) in [6.07, 6.45) is 3.17. The number of hydrogen-bond acceptors (Lipinski definition) is 7. The number of carbonyl (C=O) groups is 1. The van der Waals surface area contributed by atoms with Crippen molar-refractivity contribution in [1.29, 1.82) is 5.26 Å². The summed E-state index contributed by atoms with van der Waals surface area (Å²) in [6.45, 7) is 3.33.